The number of nitrogens with zero attached hydrogens (tertiary/aromatic N) is 8. The third-order valence-corrected chi connectivity index (χ3v) is 9.55. The predicted molar refractivity (Wildman–Crippen MR) is 212 cm³/mol. The minimum Gasteiger partial charge on any atom is -0.491 e. The number of aryl methyl sites for hydroxylation is 2. The van der Waals surface area contributed by atoms with Crippen LogP contribution < -0.4 is 20.9 Å². The third-order valence-electron chi connectivity index (χ3n) is 8.94. The van der Waals surface area contributed by atoms with Gasteiger partial charge < -0.3 is 49.4 Å². The van der Waals surface area contributed by atoms with Crippen molar-refractivity contribution < 1.29 is 38.1 Å². The summed E-state index contributed by atoms with van der Waals surface area (Å²) in [6, 6.07) is 5.59. The molecule has 0 bridgehead atoms. The first-order valence-electron chi connectivity index (χ1n) is 17.6. The molecule has 2 aromatic carbocycles. The topological polar surface area (TPSA) is 216 Å². The molecule has 6 aromatic rings. The Kier molecular flexibility index (Phi) is 11.8. The van der Waals surface area contributed by atoms with Crippen molar-refractivity contribution in [3.8, 4) is 58.5 Å². The van der Waals surface area contributed by atoms with Crippen molar-refractivity contribution in [3.63, 3.8) is 0 Å². The Morgan fingerprint density at radius 3 is 1.73 bits per heavy atom. The molecule has 2 atom stereocenters. The first-order valence-corrected chi connectivity index (χ1v) is 18.4. The van der Waals surface area contributed by atoms with E-state index in [2.05, 4.69) is 53.6 Å². The average Bonchev–Trinajstić information content (AvgIpc) is 3.98. The molecule has 0 fully saturated rings. The van der Waals surface area contributed by atoms with Crippen molar-refractivity contribution in [1.29, 1.82) is 0 Å². The van der Waals surface area contributed by atoms with E-state index in [1.807, 2.05) is 7.05 Å². The predicted octanol–water partition coefficient (Wildman–Crippen LogP) is 3.38. The van der Waals surface area contributed by atoms with Gasteiger partial charge in [-0.3, -0.25) is 9.59 Å². The molecule has 6 heterocycles. The van der Waals surface area contributed by atoms with Crippen LogP contribution in [0, 0.1) is 35.8 Å². The quantitative estimate of drug-likeness (QED) is 0.190. The highest BCUT2D eigenvalue weighted by Gasteiger charge is 2.26. The molecular weight excluding hydrogens is 834 g/mol. The van der Waals surface area contributed by atoms with Gasteiger partial charge in [-0.1, -0.05) is 17.8 Å². The highest BCUT2D eigenvalue weighted by atomic mass is 79.9. The van der Waals surface area contributed by atoms with Gasteiger partial charge in [0.25, 0.3) is 11.8 Å². The maximum absolute atomic E-state index is 14.6. The lowest BCUT2D eigenvalue weighted by molar-refractivity contribution is 0.0987. The molecule has 8 rings (SSSR count). The van der Waals surface area contributed by atoms with E-state index in [1.165, 1.54) is 38.2 Å². The largest absolute Gasteiger partial charge is 0.491 e. The minimum atomic E-state index is -1.56. The normalized spacial score (nSPS) is 14.2. The van der Waals surface area contributed by atoms with Gasteiger partial charge in [0.15, 0.2) is 11.2 Å². The van der Waals surface area contributed by atoms with Crippen LogP contribution in [0.25, 0.3) is 22.8 Å². The van der Waals surface area contributed by atoms with Crippen LogP contribution in [0.15, 0.2) is 66.2 Å². The third kappa shape index (κ3) is 9.18. The van der Waals surface area contributed by atoms with E-state index in [0.29, 0.717) is 69.8 Å². The van der Waals surface area contributed by atoms with Crippen LogP contribution in [0.1, 0.15) is 51.8 Å². The number of imidazole rings is 4. The van der Waals surface area contributed by atoms with Crippen molar-refractivity contribution in [2.24, 2.45) is 25.6 Å². The highest BCUT2D eigenvalue weighted by molar-refractivity contribution is 9.10. The fourth-order valence-corrected chi connectivity index (χ4v) is 6.11. The van der Waals surface area contributed by atoms with Crippen molar-refractivity contribution in [1.82, 2.24) is 38.2 Å². The van der Waals surface area contributed by atoms with Gasteiger partial charge in [0.2, 0.25) is 0 Å². The van der Waals surface area contributed by atoms with Crippen molar-refractivity contribution in [2.45, 2.75) is 38.1 Å². The maximum Gasteiger partial charge on any atom is 0.268 e. The summed E-state index contributed by atoms with van der Waals surface area (Å²) in [7, 11) is 3.59. The molecule has 16 nitrogen and oxygen atoms in total. The SMILES string of the molecule is C#CC(C)(O)c1cn(C)cn1.Cn1cnc(C(C)(O)C#Cc2cc3c(cc2F)OCCn2cc(C(N)=O)nc2-3)c1.NC(=O)c1cn2c(n1)-c1cc(Br)c(F)cc1OCC2. The second-order valence-corrected chi connectivity index (χ2v) is 14.5. The lowest BCUT2D eigenvalue weighted by atomic mass is 10.0. The van der Waals surface area contributed by atoms with Crippen molar-refractivity contribution >= 4 is 27.7 Å². The Labute approximate surface area is 344 Å². The number of terminal acetylenes is 1. The van der Waals surface area contributed by atoms with Gasteiger partial charge in [0, 0.05) is 51.0 Å². The zero-order valence-electron chi connectivity index (χ0n) is 32.1. The van der Waals surface area contributed by atoms with Crippen molar-refractivity contribution in [2.75, 3.05) is 13.2 Å². The number of benzene rings is 2. The van der Waals surface area contributed by atoms with E-state index in [0.717, 1.165) is 0 Å². The number of primary amides is 2. The minimum absolute atomic E-state index is 0.0561. The number of fused-ring (bicyclic) bond motifs is 6. The Morgan fingerprint density at radius 2 is 1.27 bits per heavy atom. The zero-order chi connectivity index (χ0) is 42.8. The molecule has 304 valence electrons. The second-order valence-electron chi connectivity index (χ2n) is 13.7. The average molecular weight is 872 g/mol. The number of hydrogen-bond donors (Lipinski definition) is 4. The molecule has 0 saturated carbocycles. The first-order chi connectivity index (χ1) is 27.9. The Bertz CT molecular complexity index is 2700. The molecule has 0 spiro atoms. The van der Waals surface area contributed by atoms with Gasteiger partial charge >= 0.3 is 0 Å². The summed E-state index contributed by atoms with van der Waals surface area (Å²) >= 11 is 3.13. The van der Waals surface area contributed by atoms with Crippen LogP contribution in [0.4, 0.5) is 8.78 Å². The van der Waals surface area contributed by atoms with Gasteiger partial charge in [-0.25, -0.2) is 28.7 Å². The summed E-state index contributed by atoms with van der Waals surface area (Å²) in [6.45, 7) is 4.63. The van der Waals surface area contributed by atoms with E-state index in [9.17, 15) is 28.6 Å². The van der Waals surface area contributed by atoms with Gasteiger partial charge in [-0.05, 0) is 41.9 Å². The molecule has 6 N–H and O–H groups in total. The number of hydrogen-bond acceptors (Lipinski definition) is 10. The molecule has 2 aliphatic heterocycles. The number of halogens is 3. The summed E-state index contributed by atoms with van der Waals surface area (Å²) in [4.78, 5) is 39.1. The van der Waals surface area contributed by atoms with E-state index in [1.54, 1.807) is 62.6 Å². The molecule has 19 heteroatoms. The molecular formula is C40H37BrF2N10O6. The van der Waals surface area contributed by atoms with Crippen LogP contribution in [0.5, 0.6) is 11.5 Å². The van der Waals surface area contributed by atoms with Gasteiger partial charge in [-0.15, -0.1) is 6.42 Å². The zero-order valence-corrected chi connectivity index (χ0v) is 33.7. The molecule has 4 aromatic heterocycles. The van der Waals surface area contributed by atoms with Crippen LogP contribution >= 0.6 is 15.9 Å². The van der Waals surface area contributed by atoms with Crippen LogP contribution in [0.3, 0.4) is 0 Å². The number of rotatable bonds is 4. The number of ether oxygens (including phenoxy) is 2. The summed E-state index contributed by atoms with van der Waals surface area (Å²) in [5.74, 6) is 7.03. The fraction of sp³-hybridized carbons (Fsp3) is 0.250. The lowest BCUT2D eigenvalue weighted by Gasteiger charge is -2.13. The number of carbonyl (C=O) groups excluding carboxylic acids is 2. The molecule has 59 heavy (non-hydrogen) atoms. The molecule has 2 amide bonds. The van der Waals surface area contributed by atoms with Gasteiger partial charge in [0.1, 0.15) is 70.8 Å². The summed E-state index contributed by atoms with van der Waals surface area (Å²) in [6.07, 6.45) is 14.7. The summed E-state index contributed by atoms with van der Waals surface area (Å²) in [5.41, 5.74) is 10.1. The molecule has 0 aliphatic carbocycles. The second kappa shape index (κ2) is 16.6. The summed E-state index contributed by atoms with van der Waals surface area (Å²) < 4.78 is 46.5. The highest BCUT2D eigenvalue weighted by Crippen LogP contribution is 2.36. The van der Waals surface area contributed by atoms with E-state index >= 15 is 0 Å². The standard InChI is InChI=1S/C20H18FN5O3.C12H9BrFN3O2.C8H10N2O/c1-20(28,17-10-25(2)11-23-17)4-3-12-7-13-16(8-14(12)21)29-6-5-26-9-15(18(22)27)24-19(13)26;13-7-3-6-10(4-8(7)14)19-2-1-17-5-9(11(15)18)16-12(6)17;1-4-8(2,11)7-5-10(3)6-9-7/h7-11,28H,5-6H2,1-2H3,(H2,22,27);3-5H,1-2H2,(H2,15,18);1,5-6,11H,2-3H3. The smallest absolute Gasteiger partial charge is 0.268 e. The Hall–Kier alpha value is -6.80. The molecule has 2 aliphatic rings. The Balaban J connectivity index is 0.000000166. The van der Waals surface area contributed by atoms with Crippen molar-refractivity contribution in [3.05, 3.63) is 106 Å². The van der Waals surface area contributed by atoms with Gasteiger partial charge in [-0.2, -0.15) is 0 Å². The monoisotopic (exact) mass is 870 g/mol. The number of carbonyl (C=O) groups is 2. The van der Waals surface area contributed by atoms with E-state index in [4.69, 9.17) is 27.4 Å². The number of amides is 2. The lowest BCUT2D eigenvalue weighted by Crippen LogP contribution is -2.19. The Morgan fingerprint density at radius 1 is 0.797 bits per heavy atom. The van der Waals surface area contributed by atoms with Gasteiger partial charge in [0.05, 0.1) is 46.9 Å². The maximum atomic E-state index is 14.6. The first kappa shape index (κ1) is 41.8. The van der Waals surface area contributed by atoms with Crippen LogP contribution in [-0.2, 0) is 38.4 Å². The molecule has 0 radical (unpaired) electrons. The number of aromatic nitrogens is 8. The number of aliphatic hydroxyl groups is 2. The number of nitrogens with two attached hydrogens (primary N) is 2. The molecule has 0 saturated heterocycles. The van der Waals surface area contributed by atoms with Crippen LogP contribution in [-0.4, -0.2) is 73.4 Å². The molecule has 2 unspecified atom stereocenters. The van der Waals surface area contributed by atoms with Crippen LogP contribution in [0.2, 0.25) is 0 Å². The van der Waals surface area contributed by atoms with E-state index < -0.39 is 34.7 Å². The summed E-state index contributed by atoms with van der Waals surface area (Å²) in [5, 5.41) is 20.1. The van der Waals surface area contributed by atoms with E-state index in [-0.39, 0.29) is 23.6 Å². The fourth-order valence-electron chi connectivity index (χ4n) is 5.77.